The van der Waals surface area contributed by atoms with Crippen LogP contribution in [-0.4, -0.2) is 10.8 Å². The molecule has 0 spiro atoms. The Hall–Kier alpha value is -1.73. The fourth-order valence-corrected chi connectivity index (χ4v) is 2.41. The normalized spacial score (nSPS) is 10.2. The van der Waals surface area contributed by atoms with E-state index in [0.717, 1.165) is 10.0 Å². The van der Waals surface area contributed by atoms with Gasteiger partial charge in [-0.2, -0.15) is 0 Å². The Balaban J connectivity index is 2.23. The molecule has 2 aromatic carbocycles. The standard InChI is InChI=1S/C14H10Br2N2O3/c1-8-6-9(2-4-11(8)15)14(19)17-13-5-3-10(18(20)21)7-12(13)16/h2-7H,1H3,(H,17,19). The minimum absolute atomic E-state index is 0.0423. The van der Waals surface area contributed by atoms with Crippen LogP contribution in [0.3, 0.4) is 0 Å². The van der Waals surface area contributed by atoms with Gasteiger partial charge in [0.15, 0.2) is 0 Å². The summed E-state index contributed by atoms with van der Waals surface area (Å²) in [5, 5.41) is 13.4. The summed E-state index contributed by atoms with van der Waals surface area (Å²) in [5.74, 6) is -0.278. The van der Waals surface area contributed by atoms with Crippen LogP contribution in [0.25, 0.3) is 0 Å². The predicted molar refractivity (Wildman–Crippen MR) is 87.6 cm³/mol. The van der Waals surface area contributed by atoms with E-state index in [1.54, 1.807) is 18.2 Å². The van der Waals surface area contributed by atoms with Crippen molar-refractivity contribution in [2.75, 3.05) is 5.32 Å². The van der Waals surface area contributed by atoms with Gasteiger partial charge < -0.3 is 5.32 Å². The number of nitrogens with zero attached hydrogens (tertiary/aromatic N) is 1. The molecule has 0 aliphatic rings. The van der Waals surface area contributed by atoms with Gasteiger partial charge in [-0.1, -0.05) is 15.9 Å². The van der Waals surface area contributed by atoms with Gasteiger partial charge in [0, 0.05) is 26.6 Å². The predicted octanol–water partition coefficient (Wildman–Crippen LogP) is 4.68. The highest BCUT2D eigenvalue weighted by molar-refractivity contribution is 9.10. The molecule has 0 bridgehead atoms. The Morgan fingerprint density at radius 1 is 1.14 bits per heavy atom. The zero-order valence-electron chi connectivity index (χ0n) is 10.9. The highest BCUT2D eigenvalue weighted by atomic mass is 79.9. The van der Waals surface area contributed by atoms with Crippen LogP contribution in [0.15, 0.2) is 45.3 Å². The average Bonchev–Trinajstić information content (AvgIpc) is 2.43. The molecule has 1 N–H and O–H groups in total. The van der Waals surface area contributed by atoms with E-state index in [0.29, 0.717) is 15.7 Å². The molecule has 21 heavy (non-hydrogen) atoms. The van der Waals surface area contributed by atoms with Crippen LogP contribution in [0, 0.1) is 17.0 Å². The highest BCUT2D eigenvalue weighted by Crippen LogP contribution is 2.27. The summed E-state index contributed by atoms with van der Waals surface area (Å²) in [6.07, 6.45) is 0. The number of carbonyl (C=O) groups excluding carboxylic acids is 1. The van der Waals surface area contributed by atoms with Crippen LogP contribution >= 0.6 is 31.9 Å². The monoisotopic (exact) mass is 412 g/mol. The first-order chi connectivity index (χ1) is 9.88. The molecule has 0 heterocycles. The van der Waals surface area contributed by atoms with Crippen molar-refractivity contribution in [1.82, 2.24) is 0 Å². The van der Waals surface area contributed by atoms with Crippen LogP contribution in [0.1, 0.15) is 15.9 Å². The van der Waals surface area contributed by atoms with Crippen LogP contribution in [0.4, 0.5) is 11.4 Å². The van der Waals surface area contributed by atoms with Crippen molar-refractivity contribution < 1.29 is 9.72 Å². The number of non-ortho nitro benzene ring substituents is 1. The van der Waals surface area contributed by atoms with E-state index in [1.807, 2.05) is 6.92 Å². The molecule has 0 aromatic heterocycles. The first kappa shape index (κ1) is 15.7. The molecule has 0 atom stereocenters. The summed E-state index contributed by atoms with van der Waals surface area (Å²) >= 11 is 6.59. The Morgan fingerprint density at radius 2 is 1.86 bits per heavy atom. The van der Waals surface area contributed by atoms with Crippen molar-refractivity contribution in [2.24, 2.45) is 0 Å². The lowest BCUT2D eigenvalue weighted by molar-refractivity contribution is -0.384. The molecule has 0 aliphatic carbocycles. The number of hydrogen-bond donors (Lipinski definition) is 1. The molecule has 0 radical (unpaired) electrons. The van der Waals surface area contributed by atoms with Gasteiger partial charge in [-0.15, -0.1) is 0 Å². The van der Waals surface area contributed by atoms with Crippen molar-refractivity contribution in [1.29, 1.82) is 0 Å². The number of nitro benzene ring substituents is 1. The zero-order valence-corrected chi connectivity index (χ0v) is 14.1. The number of nitro groups is 1. The molecular formula is C14H10Br2N2O3. The number of amides is 1. The maximum atomic E-state index is 12.2. The van der Waals surface area contributed by atoms with Gasteiger partial charge in [-0.3, -0.25) is 14.9 Å². The van der Waals surface area contributed by atoms with Crippen molar-refractivity contribution in [3.05, 3.63) is 66.6 Å². The minimum atomic E-state index is -0.492. The molecular weight excluding hydrogens is 404 g/mol. The molecule has 2 rings (SSSR count). The largest absolute Gasteiger partial charge is 0.321 e. The molecule has 0 saturated heterocycles. The molecule has 1 amide bonds. The molecule has 108 valence electrons. The van der Waals surface area contributed by atoms with E-state index in [9.17, 15) is 14.9 Å². The quantitative estimate of drug-likeness (QED) is 0.586. The zero-order chi connectivity index (χ0) is 15.6. The summed E-state index contributed by atoms with van der Waals surface area (Å²) in [4.78, 5) is 22.3. The molecule has 0 fully saturated rings. The summed E-state index contributed by atoms with van der Waals surface area (Å²) in [5.41, 5.74) is 1.90. The van der Waals surface area contributed by atoms with Gasteiger partial charge >= 0.3 is 0 Å². The first-order valence-electron chi connectivity index (χ1n) is 5.90. The van der Waals surface area contributed by atoms with E-state index in [1.165, 1.54) is 18.2 Å². The van der Waals surface area contributed by atoms with Crippen LogP contribution in [0.5, 0.6) is 0 Å². The van der Waals surface area contributed by atoms with E-state index in [2.05, 4.69) is 37.2 Å². The summed E-state index contributed by atoms with van der Waals surface area (Å²) in [7, 11) is 0. The number of carbonyl (C=O) groups is 1. The third-order valence-electron chi connectivity index (χ3n) is 2.83. The number of halogens is 2. The molecule has 0 aliphatic heterocycles. The second kappa shape index (κ2) is 6.36. The maximum Gasteiger partial charge on any atom is 0.270 e. The second-order valence-electron chi connectivity index (χ2n) is 4.34. The lowest BCUT2D eigenvalue weighted by Gasteiger charge is -2.08. The number of aryl methyl sites for hydroxylation is 1. The fourth-order valence-electron chi connectivity index (χ4n) is 1.70. The van der Waals surface area contributed by atoms with Gasteiger partial charge in [0.05, 0.1) is 10.6 Å². The van der Waals surface area contributed by atoms with Crippen LogP contribution < -0.4 is 5.32 Å². The van der Waals surface area contributed by atoms with Crippen molar-refractivity contribution >= 4 is 49.1 Å². The number of nitrogens with one attached hydrogen (secondary N) is 1. The summed E-state index contributed by atoms with van der Waals surface area (Å²) in [6.45, 7) is 1.89. The van der Waals surface area contributed by atoms with Crippen LogP contribution in [0.2, 0.25) is 0 Å². The van der Waals surface area contributed by atoms with E-state index in [4.69, 9.17) is 0 Å². The van der Waals surface area contributed by atoms with Gasteiger partial charge in [-0.25, -0.2) is 0 Å². The third-order valence-corrected chi connectivity index (χ3v) is 4.38. The first-order valence-corrected chi connectivity index (χ1v) is 7.48. The third kappa shape index (κ3) is 3.68. The molecule has 0 saturated carbocycles. The topological polar surface area (TPSA) is 72.2 Å². The number of rotatable bonds is 3. The average molecular weight is 414 g/mol. The lowest BCUT2D eigenvalue weighted by atomic mass is 10.1. The molecule has 5 nitrogen and oxygen atoms in total. The number of hydrogen-bond acceptors (Lipinski definition) is 3. The second-order valence-corrected chi connectivity index (χ2v) is 6.05. The molecule has 0 unspecified atom stereocenters. The Bertz CT molecular complexity index is 732. The minimum Gasteiger partial charge on any atom is -0.321 e. The SMILES string of the molecule is Cc1cc(C(=O)Nc2ccc([N+](=O)[O-])cc2Br)ccc1Br. The fraction of sp³-hybridized carbons (Fsp3) is 0.0714. The molecule has 7 heteroatoms. The Kier molecular flexibility index (Phi) is 4.74. The van der Waals surface area contributed by atoms with Gasteiger partial charge in [0.1, 0.15) is 0 Å². The number of anilines is 1. The maximum absolute atomic E-state index is 12.2. The van der Waals surface area contributed by atoms with Crippen molar-refractivity contribution in [3.8, 4) is 0 Å². The molecule has 2 aromatic rings. The van der Waals surface area contributed by atoms with E-state index in [-0.39, 0.29) is 11.6 Å². The Labute approximate surface area is 137 Å². The Morgan fingerprint density at radius 3 is 2.43 bits per heavy atom. The van der Waals surface area contributed by atoms with Crippen LogP contribution in [-0.2, 0) is 0 Å². The van der Waals surface area contributed by atoms with E-state index < -0.39 is 4.92 Å². The van der Waals surface area contributed by atoms with E-state index >= 15 is 0 Å². The highest BCUT2D eigenvalue weighted by Gasteiger charge is 2.12. The number of benzene rings is 2. The van der Waals surface area contributed by atoms with Gasteiger partial charge in [0.2, 0.25) is 0 Å². The van der Waals surface area contributed by atoms with Crippen molar-refractivity contribution in [3.63, 3.8) is 0 Å². The van der Waals surface area contributed by atoms with Gasteiger partial charge in [-0.05, 0) is 52.7 Å². The summed E-state index contributed by atoms with van der Waals surface area (Å²) < 4.78 is 1.38. The summed E-state index contributed by atoms with van der Waals surface area (Å²) in [6, 6.07) is 9.45. The lowest BCUT2D eigenvalue weighted by Crippen LogP contribution is -2.12. The smallest absolute Gasteiger partial charge is 0.270 e. The van der Waals surface area contributed by atoms with Gasteiger partial charge in [0.25, 0.3) is 11.6 Å². The van der Waals surface area contributed by atoms with Crippen molar-refractivity contribution in [2.45, 2.75) is 6.92 Å².